The number of carbonyl (C=O) groups excluding carboxylic acids is 1. The second kappa shape index (κ2) is 8.36. The summed E-state index contributed by atoms with van der Waals surface area (Å²) in [5.74, 6) is -0.423. The molecule has 0 spiro atoms. The Morgan fingerprint density at radius 2 is 1.82 bits per heavy atom. The highest BCUT2D eigenvalue weighted by atomic mass is 79.9. The summed E-state index contributed by atoms with van der Waals surface area (Å²) in [7, 11) is 0. The van der Waals surface area contributed by atoms with E-state index in [1.165, 1.54) is 23.9 Å². The second-order valence-corrected chi connectivity index (χ2v) is 7.33. The van der Waals surface area contributed by atoms with Crippen LogP contribution in [0.5, 0.6) is 0 Å². The van der Waals surface area contributed by atoms with Gasteiger partial charge in [0.25, 0.3) is 5.91 Å². The van der Waals surface area contributed by atoms with Crippen molar-refractivity contribution in [3.05, 3.63) is 70.0 Å². The van der Waals surface area contributed by atoms with Crippen LogP contribution in [0.3, 0.4) is 0 Å². The molecule has 3 aromatic rings. The lowest BCUT2D eigenvalue weighted by atomic mass is 10.1. The fraction of sp³-hybridized carbons (Fsp3) is 0.167. The van der Waals surface area contributed by atoms with Crippen LogP contribution in [0.2, 0.25) is 0 Å². The fourth-order valence-electron chi connectivity index (χ4n) is 2.58. The van der Waals surface area contributed by atoms with Crippen molar-refractivity contribution in [2.45, 2.75) is 17.9 Å². The van der Waals surface area contributed by atoms with Gasteiger partial charge in [0.15, 0.2) is 11.0 Å². The van der Waals surface area contributed by atoms with Crippen LogP contribution < -0.4 is 5.32 Å². The standard InChI is InChI=1S/C18H14BrF3N4OS/c1-28-17-25-24-15(26(17)12-8-6-11(19)7-9-12)10-23-16(27)13-4-2-3-5-14(13)18(20,21)22/h2-9H,10H2,1H3,(H,23,27). The van der Waals surface area contributed by atoms with Gasteiger partial charge < -0.3 is 5.32 Å². The number of rotatable bonds is 5. The monoisotopic (exact) mass is 470 g/mol. The predicted molar refractivity (Wildman–Crippen MR) is 103 cm³/mol. The molecule has 1 aromatic heterocycles. The molecule has 0 unspecified atom stereocenters. The van der Waals surface area contributed by atoms with Crippen LogP contribution in [0.4, 0.5) is 13.2 Å². The summed E-state index contributed by atoms with van der Waals surface area (Å²) in [4.78, 5) is 12.4. The molecular weight excluding hydrogens is 457 g/mol. The van der Waals surface area contributed by atoms with E-state index in [1.807, 2.05) is 30.5 Å². The lowest BCUT2D eigenvalue weighted by molar-refractivity contribution is -0.137. The second-order valence-electron chi connectivity index (χ2n) is 5.64. The number of carbonyl (C=O) groups is 1. The van der Waals surface area contributed by atoms with E-state index in [2.05, 4.69) is 31.4 Å². The van der Waals surface area contributed by atoms with Gasteiger partial charge in [-0.1, -0.05) is 39.8 Å². The molecule has 0 saturated carbocycles. The van der Waals surface area contributed by atoms with Crippen LogP contribution in [0, 0.1) is 0 Å². The summed E-state index contributed by atoms with van der Waals surface area (Å²) in [6.07, 6.45) is -2.78. The summed E-state index contributed by atoms with van der Waals surface area (Å²) >= 11 is 4.73. The lowest BCUT2D eigenvalue weighted by Gasteiger charge is -2.13. The number of nitrogens with one attached hydrogen (secondary N) is 1. The highest BCUT2D eigenvalue weighted by Gasteiger charge is 2.34. The summed E-state index contributed by atoms with van der Waals surface area (Å²) in [6, 6.07) is 12.0. The molecule has 5 nitrogen and oxygen atoms in total. The van der Waals surface area contributed by atoms with E-state index in [9.17, 15) is 18.0 Å². The van der Waals surface area contributed by atoms with E-state index in [4.69, 9.17) is 0 Å². The van der Waals surface area contributed by atoms with Crippen molar-refractivity contribution < 1.29 is 18.0 Å². The number of thioether (sulfide) groups is 1. The summed E-state index contributed by atoms with van der Waals surface area (Å²) in [5.41, 5.74) is -0.640. The van der Waals surface area contributed by atoms with Crippen LogP contribution in [0.15, 0.2) is 58.2 Å². The van der Waals surface area contributed by atoms with Crippen molar-refractivity contribution in [3.63, 3.8) is 0 Å². The Hall–Kier alpha value is -2.33. The topological polar surface area (TPSA) is 59.8 Å². The van der Waals surface area contributed by atoms with Gasteiger partial charge in [-0.15, -0.1) is 10.2 Å². The normalized spacial score (nSPS) is 11.5. The molecule has 146 valence electrons. The summed E-state index contributed by atoms with van der Waals surface area (Å²) < 4.78 is 42.0. The average molecular weight is 471 g/mol. The molecule has 3 rings (SSSR count). The highest BCUT2D eigenvalue weighted by molar-refractivity contribution is 9.10. The van der Waals surface area contributed by atoms with Gasteiger partial charge in [0, 0.05) is 10.2 Å². The Kier molecular flexibility index (Phi) is 6.09. The van der Waals surface area contributed by atoms with E-state index in [-0.39, 0.29) is 6.54 Å². The molecule has 2 aromatic carbocycles. The smallest absolute Gasteiger partial charge is 0.345 e. The van der Waals surface area contributed by atoms with Crippen LogP contribution in [0.1, 0.15) is 21.7 Å². The number of benzene rings is 2. The van der Waals surface area contributed by atoms with Crippen molar-refractivity contribution in [2.24, 2.45) is 0 Å². The predicted octanol–water partition coefficient (Wildman–Crippen LogP) is 4.70. The van der Waals surface area contributed by atoms with Crippen molar-refractivity contribution in [2.75, 3.05) is 6.26 Å². The molecule has 0 aliphatic rings. The number of hydrogen-bond acceptors (Lipinski definition) is 4. The zero-order valence-corrected chi connectivity index (χ0v) is 16.9. The van der Waals surface area contributed by atoms with Crippen LogP contribution in [-0.4, -0.2) is 26.9 Å². The zero-order valence-electron chi connectivity index (χ0n) is 14.5. The van der Waals surface area contributed by atoms with E-state index < -0.39 is 23.2 Å². The minimum Gasteiger partial charge on any atom is -0.345 e. The Bertz CT molecular complexity index is 989. The maximum Gasteiger partial charge on any atom is 0.417 e. The lowest BCUT2D eigenvalue weighted by Crippen LogP contribution is -2.27. The average Bonchev–Trinajstić information content (AvgIpc) is 3.09. The number of halogens is 4. The third kappa shape index (κ3) is 4.39. The van der Waals surface area contributed by atoms with Crippen LogP contribution >= 0.6 is 27.7 Å². The number of nitrogens with zero attached hydrogens (tertiary/aromatic N) is 3. The van der Waals surface area contributed by atoms with Gasteiger partial charge in [-0.2, -0.15) is 13.2 Å². The SMILES string of the molecule is CSc1nnc(CNC(=O)c2ccccc2C(F)(F)F)n1-c1ccc(Br)cc1. The minimum atomic E-state index is -4.61. The first-order valence-corrected chi connectivity index (χ1v) is 10.0. The molecule has 1 heterocycles. The minimum absolute atomic E-state index is 0.0748. The molecular formula is C18H14BrF3N4OS. The maximum atomic E-state index is 13.1. The molecule has 0 saturated heterocycles. The van der Waals surface area contributed by atoms with Gasteiger partial charge in [-0.25, -0.2) is 0 Å². The largest absolute Gasteiger partial charge is 0.417 e. The first-order valence-electron chi connectivity index (χ1n) is 8.00. The third-order valence-electron chi connectivity index (χ3n) is 3.85. The molecule has 0 aliphatic carbocycles. The number of aromatic nitrogens is 3. The van der Waals surface area contributed by atoms with E-state index in [0.717, 1.165) is 22.3 Å². The van der Waals surface area contributed by atoms with Gasteiger partial charge in [-0.05, 0) is 42.7 Å². The number of alkyl halides is 3. The molecule has 0 radical (unpaired) electrons. The Morgan fingerprint density at radius 1 is 1.14 bits per heavy atom. The quantitative estimate of drug-likeness (QED) is 0.549. The number of amides is 1. The highest BCUT2D eigenvalue weighted by Crippen LogP contribution is 2.31. The molecule has 1 amide bonds. The first kappa shape index (κ1) is 20.4. The van der Waals surface area contributed by atoms with Gasteiger partial charge in [0.1, 0.15) is 0 Å². The van der Waals surface area contributed by atoms with Crippen LogP contribution in [0.25, 0.3) is 5.69 Å². The molecule has 0 aliphatic heterocycles. The Morgan fingerprint density at radius 3 is 2.46 bits per heavy atom. The van der Waals surface area contributed by atoms with Gasteiger partial charge >= 0.3 is 6.18 Å². The zero-order chi connectivity index (χ0) is 20.3. The van der Waals surface area contributed by atoms with Crippen LogP contribution in [-0.2, 0) is 12.7 Å². The third-order valence-corrected chi connectivity index (χ3v) is 5.01. The van der Waals surface area contributed by atoms with Crippen molar-refractivity contribution in [1.82, 2.24) is 20.1 Å². The molecule has 0 atom stereocenters. The maximum absolute atomic E-state index is 13.1. The van der Waals surface area contributed by atoms with Gasteiger partial charge in [0.2, 0.25) is 0 Å². The first-order chi connectivity index (χ1) is 13.3. The molecule has 1 N–H and O–H groups in total. The van der Waals surface area contributed by atoms with Gasteiger partial charge in [-0.3, -0.25) is 9.36 Å². The summed E-state index contributed by atoms with van der Waals surface area (Å²) in [6.45, 7) is -0.0748. The Labute approximate surface area is 171 Å². The fourth-order valence-corrected chi connectivity index (χ4v) is 3.36. The molecule has 10 heteroatoms. The Balaban J connectivity index is 1.86. The van der Waals surface area contributed by atoms with E-state index in [0.29, 0.717) is 11.0 Å². The van der Waals surface area contributed by atoms with E-state index in [1.54, 1.807) is 4.57 Å². The van der Waals surface area contributed by atoms with Crippen molar-refractivity contribution in [1.29, 1.82) is 0 Å². The summed E-state index contributed by atoms with van der Waals surface area (Å²) in [5, 5.41) is 11.2. The van der Waals surface area contributed by atoms with Crippen molar-refractivity contribution in [3.8, 4) is 5.69 Å². The van der Waals surface area contributed by atoms with E-state index >= 15 is 0 Å². The molecule has 0 fully saturated rings. The van der Waals surface area contributed by atoms with Crippen molar-refractivity contribution >= 4 is 33.6 Å². The van der Waals surface area contributed by atoms with Gasteiger partial charge in [0.05, 0.1) is 17.7 Å². The molecule has 28 heavy (non-hydrogen) atoms. The number of hydrogen-bond donors (Lipinski definition) is 1. The molecule has 0 bridgehead atoms.